The van der Waals surface area contributed by atoms with Gasteiger partial charge in [-0.1, -0.05) is 6.42 Å². The van der Waals surface area contributed by atoms with E-state index in [9.17, 15) is 4.79 Å². The van der Waals surface area contributed by atoms with E-state index in [1.54, 1.807) is 18.4 Å². The van der Waals surface area contributed by atoms with E-state index >= 15 is 0 Å². The summed E-state index contributed by atoms with van der Waals surface area (Å²) in [5.41, 5.74) is 0.450. The van der Waals surface area contributed by atoms with Crippen LogP contribution in [-0.2, 0) is 0 Å². The summed E-state index contributed by atoms with van der Waals surface area (Å²) in [6, 6.07) is 7.17. The van der Waals surface area contributed by atoms with Crippen LogP contribution < -0.4 is 19.5 Å². The molecule has 0 radical (unpaired) electrons. The number of rotatable bonds is 8. The normalized spacial score (nSPS) is 15.7. The molecule has 3 rings (SSSR count). The molecule has 1 aliphatic rings. The molecule has 2 heterocycles. The van der Waals surface area contributed by atoms with Gasteiger partial charge in [-0.3, -0.25) is 9.69 Å². The Morgan fingerprint density at radius 2 is 1.79 bits per heavy atom. The van der Waals surface area contributed by atoms with E-state index in [-0.39, 0.29) is 11.9 Å². The first-order chi connectivity index (χ1) is 13.7. The minimum Gasteiger partial charge on any atom is -0.493 e. The molecule has 0 spiro atoms. The third kappa shape index (κ3) is 4.42. The summed E-state index contributed by atoms with van der Waals surface area (Å²) in [5.74, 6) is 2.03. The lowest BCUT2D eigenvalue weighted by Crippen LogP contribution is -2.40. The number of likely N-dealkylation sites (tertiary alicyclic amines) is 1. The summed E-state index contributed by atoms with van der Waals surface area (Å²) in [7, 11) is 4.59. The second-order valence-electron chi connectivity index (χ2n) is 6.75. The Kier molecular flexibility index (Phi) is 6.81. The third-order valence-corrected chi connectivity index (χ3v) is 5.09. The van der Waals surface area contributed by atoms with E-state index in [0.29, 0.717) is 29.4 Å². The first-order valence-corrected chi connectivity index (χ1v) is 9.53. The summed E-state index contributed by atoms with van der Waals surface area (Å²) in [5, 5.41) is 3.03. The number of nitrogens with one attached hydrogen (secondary N) is 1. The van der Waals surface area contributed by atoms with Crippen molar-refractivity contribution in [2.45, 2.75) is 25.3 Å². The average molecular weight is 388 g/mol. The maximum absolute atomic E-state index is 12.8. The number of carbonyl (C=O) groups is 1. The highest BCUT2D eigenvalue weighted by Gasteiger charge is 2.25. The Balaban J connectivity index is 1.75. The predicted octanol–water partition coefficient (Wildman–Crippen LogP) is 3.26. The number of nitrogens with zero attached hydrogens (tertiary/aromatic N) is 1. The highest BCUT2D eigenvalue weighted by atomic mass is 16.5. The van der Waals surface area contributed by atoms with Crippen molar-refractivity contribution in [2.75, 3.05) is 41.0 Å². The van der Waals surface area contributed by atoms with Gasteiger partial charge in [0.05, 0.1) is 33.6 Å². The molecule has 1 atom stereocenters. The molecular formula is C21H28N2O5. The van der Waals surface area contributed by atoms with Crippen LogP contribution in [0.5, 0.6) is 17.2 Å². The van der Waals surface area contributed by atoms with Crippen LogP contribution in [0.4, 0.5) is 0 Å². The molecule has 152 valence electrons. The molecule has 2 aromatic rings. The van der Waals surface area contributed by atoms with Gasteiger partial charge < -0.3 is 23.9 Å². The SMILES string of the molecule is COc1cc(C(=O)NC[C@H](c2ccco2)N2CCCCC2)cc(OC)c1OC. The van der Waals surface area contributed by atoms with Gasteiger partial charge in [0, 0.05) is 12.1 Å². The molecule has 1 aliphatic heterocycles. The summed E-state index contributed by atoms with van der Waals surface area (Å²) < 4.78 is 21.6. The van der Waals surface area contributed by atoms with Crippen molar-refractivity contribution in [3.05, 3.63) is 41.9 Å². The van der Waals surface area contributed by atoms with E-state index in [4.69, 9.17) is 18.6 Å². The van der Waals surface area contributed by atoms with Crippen LogP contribution in [0.15, 0.2) is 34.9 Å². The number of hydrogen-bond donors (Lipinski definition) is 1. The van der Waals surface area contributed by atoms with Crippen LogP contribution in [0.25, 0.3) is 0 Å². The molecule has 0 unspecified atom stereocenters. The van der Waals surface area contributed by atoms with Gasteiger partial charge in [-0.25, -0.2) is 0 Å². The molecule has 0 bridgehead atoms. The summed E-state index contributed by atoms with van der Waals surface area (Å²) in [6.07, 6.45) is 5.25. The fourth-order valence-electron chi connectivity index (χ4n) is 3.62. The Labute approximate surface area is 165 Å². The van der Waals surface area contributed by atoms with Crippen molar-refractivity contribution in [3.63, 3.8) is 0 Å². The van der Waals surface area contributed by atoms with Crippen molar-refractivity contribution in [1.29, 1.82) is 0 Å². The number of ether oxygens (including phenoxy) is 3. The fraction of sp³-hybridized carbons (Fsp3) is 0.476. The number of carbonyl (C=O) groups excluding carboxylic acids is 1. The number of hydrogen-bond acceptors (Lipinski definition) is 6. The van der Waals surface area contributed by atoms with Crippen LogP contribution in [0.2, 0.25) is 0 Å². The molecule has 7 heteroatoms. The first-order valence-electron chi connectivity index (χ1n) is 9.53. The van der Waals surface area contributed by atoms with E-state index < -0.39 is 0 Å². The summed E-state index contributed by atoms with van der Waals surface area (Å²) in [4.78, 5) is 15.2. The molecule has 1 fully saturated rings. The molecule has 0 saturated carbocycles. The number of methoxy groups -OCH3 is 3. The first kappa shape index (κ1) is 20.1. The maximum Gasteiger partial charge on any atom is 0.251 e. The minimum absolute atomic E-state index is 0.0151. The molecule has 1 amide bonds. The molecule has 1 saturated heterocycles. The van der Waals surface area contributed by atoms with Crippen LogP contribution >= 0.6 is 0 Å². The molecule has 28 heavy (non-hydrogen) atoms. The smallest absolute Gasteiger partial charge is 0.251 e. The topological polar surface area (TPSA) is 73.2 Å². The van der Waals surface area contributed by atoms with Crippen molar-refractivity contribution in [2.24, 2.45) is 0 Å². The van der Waals surface area contributed by atoms with E-state index in [1.165, 1.54) is 27.8 Å². The third-order valence-electron chi connectivity index (χ3n) is 5.09. The van der Waals surface area contributed by atoms with Crippen molar-refractivity contribution in [3.8, 4) is 17.2 Å². The van der Waals surface area contributed by atoms with E-state index in [2.05, 4.69) is 10.2 Å². The Bertz CT molecular complexity index is 744. The van der Waals surface area contributed by atoms with Gasteiger partial charge in [0.25, 0.3) is 5.91 Å². The van der Waals surface area contributed by atoms with Gasteiger partial charge in [-0.2, -0.15) is 0 Å². The molecule has 7 nitrogen and oxygen atoms in total. The quantitative estimate of drug-likeness (QED) is 0.748. The largest absolute Gasteiger partial charge is 0.493 e. The number of piperidine rings is 1. The average Bonchev–Trinajstić information content (AvgIpc) is 3.27. The monoisotopic (exact) mass is 388 g/mol. The minimum atomic E-state index is -0.201. The fourth-order valence-corrected chi connectivity index (χ4v) is 3.62. The zero-order valence-corrected chi connectivity index (χ0v) is 16.7. The van der Waals surface area contributed by atoms with Crippen molar-refractivity contribution >= 4 is 5.91 Å². The van der Waals surface area contributed by atoms with Gasteiger partial charge in [0.2, 0.25) is 5.75 Å². The number of amides is 1. The molecule has 1 aromatic carbocycles. The Hall–Kier alpha value is -2.67. The summed E-state index contributed by atoms with van der Waals surface area (Å²) >= 11 is 0. The lowest BCUT2D eigenvalue weighted by molar-refractivity contribution is 0.0913. The predicted molar refractivity (Wildman–Crippen MR) is 105 cm³/mol. The van der Waals surface area contributed by atoms with E-state index in [1.807, 2.05) is 12.1 Å². The standard InChI is InChI=1S/C21H28N2O5/c1-25-18-12-15(13-19(26-2)20(18)27-3)21(24)22-14-16(17-8-7-11-28-17)23-9-5-4-6-10-23/h7-8,11-13,16H,4-6,9-10,14H2,1-3H3,(H,22,24)/t16-/m1/s1. The van der Waals surface area contributed by atoms with Crippen molar-refractivity contribution < 1.29 is 23.4 Å². The summed E-state index contributed by atoms with van der Waals surface area (Å²) in [6.45, 7) is 2.47. The van der Waals surface area contributed by atoms with Gasteiger partial charge in [-0.05, 0) is 50.2 Å². The lowest BCUT2D eigenvalue weighted by atomic mass is 10.1. The number of benzene rings is 1. The van der Waals surface area contributed by atoms with Crippen molar-refractivity contribution in [1.82, 2.24) is 10.2 Å². The zero-order chi connectivity index (χ0) is 19.9. The highest BCUT2D eigenvalue weighted by molar-refractivity contribution is 5.95. The maximum atomic E-state index is 12.8. The van der Waals surface area contributed by atoms with Gasteiger partial charge in [0.15, 0.2) is 11.5 Å². The highest BCUT2D eigenvalue weighted by Crippen LogP contribution is 2.38. The van der Waals surface area contributed by atoms with E-state index in [0.717, 1.165) is 31.7 Å². The van der Waals surface area contributed by atoms with Gasteiger partial charge >= 0.3 is 0 Å². The molecular weight excluding hydrogens is 360 g/mol. The second kappa shape index (κ2) is 9.50. The van der Waals surface area contributed by atoms with Crippen LogP contribution in [0.1, 0.15) is 41.4 Å². The lowest BCUT2D eigenvalue weighted by Gasteiger charge is -2.33. The Morgan fingerprint density at radius 1 is 1.11 bits per heavy atom. The number of furan rings is 1. The van der Waals surface area contributed by atoms with Gasteiger partial charge in [0.1, 0.15) is 5.76 Å². The van der Waals surface area contributed by atoms with Crippen LogP contribution in [0, 0.1) is 0 Å². The Morgan fingerprint density at radius 3 is 2.32 bits per heavy atom. The van der Waals surface area contributed by atoms with Crippen LogP contribution in [0.3, 0.4) is 0 Å². The van der Waals surface area contributed by atoms with Crippen LogP contribution in [-0.4, -0.2) is 51.8 Å². The molecule has 1 N–H and O–H groups in total. The molecule has 1 aromatic heterocycles. The zero-order valence-electron chi connectivity index (χ0n) is 16.7. The molecule has 0 aliphatic carbocycles. The van der Waals surface area contributed by atoms with Gasteiger partial charge in [-0.15, -0.1) is 0 Å². The second-order valence-corrected chi connectivity index (χ2v) is 6.75.